The first kappa shape index (κ1) is 12.9. The quantitative estimate of drug-likeness (QED) is 0.733. The molecule has 0 bridgehead atoms. The van der Waals surface area contributed by atoms with Crippen molar-refractivity contribution in [3.05, 3.63) is 12.2 Å². The van der Waals surface area contributed by atoms with E-state index in [9.17, 15) is 9.59 Å². The number of hydrogen-bond acceptors (Lipinski definition) is 2. The van der Waals surface area contributed by atoms with E-state index in [4.69, 9.17) is 5.11 Å². The second kappa shape index (κ2) is 5.89. The van der Waals surface area contributed by atoms with Crippen LogP contribution < -0.4 is 5.32 Å². The Balaban J connectivity index is 1.84. The maximum absolute atomic E-state index is 12.0. The average Bonchev–Trinajstić information content (AvgIpc) is 2.40. The zero-order valence-electron chi connectivity index (χ0n) is 10.5. The molecule has 2 aliphatic rings. The molecule has 1 fully saturated rings. The standard InChI is InChI=1S/C13H20N2O3/c16-12(17)10-5-4-8-15(9-10)13(18)14-11-6-2-1-3-7-11/h1-2,10-11H,3-9H2,(H,14,18)(H,16,17). The number of nitrogens with zero attached hydrogens (tertiary/aromatic N) is 1. The summed E-state index contributed by atoms with van der Waals surface area (Å²) in [6, 6.07) is 0.0916. The zero-order valence-corrected chi connectivity index (χ0v) is 10.5. The van der Waals surface area contributed by atoms with Crippen molar-refractivity contribution in [3.63, 3.8) is 0 Å². The predicted octanol–water partition coefficient (Wildman–Crippen LogP) is 1.60. The normalized spacial score (nSPS) is 27.9. The molecular weight excluding hydrogens is 232 g/mol. The highest BCUT2D eigenvalue weighted by Crippen LogP contribution is 2.17. The second-order valence-corrected chi connectivity index (χ2v) is 5.05. The third kappa shape index (κ3) is 3.24. The Morgan fingerprint density at radius 3 is 2.78 bits per heavy atom. The predicted molar refractivity (Wildman–Crippen MR) is 67.2 cm³/mol. The van der Waals surface area contributed by atoms with Gasteiger partial charge < -0.3 is 15.3 Å². The van der Waals surface area contributed by atoms with Crippen molar-refractivity contribution in [2.45, 2.75) is 38.1 Å². The number of carbonyl (C=O) groups excluding carboxylic acids is 1. The van der Waals surface area contributed by atoms with E-state index < -0.39 is 11.9 Å². The highest BCUT2D eigenvalue weighted by molar-refractivity contribution is 5.76. The number of urea groups is 1. The third-order valence-corrected chi connectivity index (χ3v) is 3.65. The lowest BCUT2D eigenvalue weighted by Crippen LogP contribution is -2.49. The van der Waals surface area contributed by atoms with Crippen molar-refractivity contribution in [2.24, 2.45) is 5.92 Å². The fourth-order valence-corrected chi connectivity index (χ4v) is 2.55. The van der Waals surface area contributed by atoms with E-state index >= 15 is 0 Å². The van der Waals surface area contributed by atoms with Crippen LogP contribution in [0.3, 0.4) is 0 Å². The van der Waals surface area contributed by atoms with Gasteiger partial charge in [0.1, 0.15) is 0 Å². The van der Waals surface area contributed by atoms with Crippen LogP contribution in [0.2, 0.25) is 0 Å². The molecule has 1 heterocycles. The monoisotopic (exact) mass is 252 g/mol. The molecule has 5 nitrogen and oxygen atoms in total. The summed E-state index contributed by atoms with van der Waals surface area (Å²) in [5.74, 6) is -1.20. The van der Waals surface area contributed by atoms with Gasteiger partial charge in [-0.15, -0.1) is 0 Å². The number of carbonyl (C=O) groups is 2. The number of carboxylic acids is 1. The van der Waals surface area contributed by atoms with Gasteiger partial charge in [-0.05, 0) is 32.1 Å². The molecule has 1 aliphatic heterocycles. The Kier molecular flexibility index (Phi) is 4.23. The molecule has 100 valence electrons. The number of amides is 2. The van der Waals surface area contributed by atoms with Crippen LogP contribution in [0.4, 0.5) is 4.79 Å². The number of nitrogens with one attached hydrogen (secondary N) is 1. The van der Waals surface area contributed by atoms with Crippen LogP contribution >= 0.6 is 0 Å². The maximum Gasteiger partial charge on any atom is 0.317 e. The summed E-state index contributed by atoms with van der Waals surface area (Å²) < 4.78 is 0. The number of likely N-dealkylation sites (tertiary alicyclic amines) is 1. The highest BCUT2D eigenvalue weighted by atomic mass is 16.4. The lowest BCUT2D eigenvalue weighted by Gasteiger charge is -2.32. The van der Waals surface area contributed by atoms with Crippen LogP contribution in [-0.4, -0.2) is 41.1 Å². The molecule has 2 rings (SSSR count). The van der Waals surface area contributed by atoms with Gasteiger partial charge in [0.25, 0.3) is 0 Å². The highest BCUT2D eigenvalue weighted by Gasteiger charge is 2.28. The fraction of sp³-hybridized carbons (Fsp3) is 0.692. The lowest BCUT2D eigenvalue weighted by molar-refractivity contribution is -0.143. The SMILES string of the molecule is O=C(O)C1CCCN(C(=O)NC2CC=CCC2)C1. The topological polar surface area (TPSA) is 69.6 Å². The molecule has 0 spiro atoms. The molecule has 18 heavy (non-hydrogen) atoms. The molecule has 0 aromatic carbocycles. The van der Waals surface area contributed by atoms with E-state index in [1.165, 1.54) is 0 Å². The van der Waals surface area contributed by atoms with Crippen molar-refractivity contribution in [1.29, 1.82) is 0 Å². The first-order chi connectivity index (χ1) is 8.66. The van der Waals surface area contributed by atoms with E-state index in [2.05, 4.69) is 17.5 Å². The molecule has 2 amide bonds. The average molecular weight is 252 g/mol. The number of aliphatic carboxylic acids is 1. The second-order valence-electron chi connectivity index (χ2n) is 5.05. The summed E-state index contributed by atoms with van der Waals surface area (Å²) in [7, 11) is 0. The minimum Gasteiger partial charge on any atom is -0.481 e. The van der Waals surface area contributed by atoms with Gasteiger partial charge in [-0.1, -0.05) is 12.2 Å². The van der Waals surface area contributed by atoms with Crippen LogP contribution in [-0.2, 0) is 4.79 Å². The van der Waals surface area contributed by atoms with E-state index in [0.29, 0.717) is 19.5 Å². The molecule has 5 heteroatoms. The van der Waals surface area contributed by atoms with Crippen molar-refractivity contribution in [1.82, 2.24) is 10.2 Å². The summed E-state index contributed by atoms with van der Waals surface area (Å²) in [5, 5.41) is 12.0. The van der Waals surface area contributed by atoms with Gasteiger partial charge >= 0.3 is 12.0 Å². The molecule has 2 N–H and O–H groups in total. The number of rotatable bonds is 2. The molecule has 0 aromatic heterocycles. The first-order valence-corrected chi connectivity index (χ1v) is 6.60. The van der Waals surface area contributed by atoms with Crippen molar-refractivity contribution < 1.29 is 14.7 Å². The van der Waals surface area contributed by atoms with Gasteiger partial charge in [-0.25, -0.2) is 4.79 Å². The Bertz CT molecular complexity index is 354. The minimum atomic E-state index is -0.798. The maximum atomic E-state index is 12.0. The van der Waals surface area contributed by atoms with Gasteiger partial charge in [0.2, 0.25) is 0 Å². The van der Waals surface area contributed by atoms with Crippen LogP contribution in [0.25, 0.3) is 0 Å². The van der Waals surface area contributed by atoms with Crippen LogP contribution in [0.1, 0.15) is 32.1 Å². The van der Waals surface area contributed by atoms with E-state index in [0.717, 1.165) is 25.7 Å². The lowest BCUT2D eigenvalue weighted by atomic mass is 9.98. The number of carboxylic acid groups (broad SMARTS) is 1. The number of allylic oxidation sites excluding steroid dienone is 1. The molecule has 0 aromatic rings. The van der Waals surface area contributed by atoms with Gasteiger partial charge in [0.05, 0.1) is 5.92 Å². The molecule has 2 atom stereocenters. The summed E-state index contributed by atoms with van der Waals surface area (Å²) in [5.41, 5.74) is 0. The fourth-order valence-electron chi connectivity index (χ4n) is 2.55. The zero-order chi connectivity index (χ0) is 13.0. The van der Waals surface area contributed by atoms with Crippen LogP contribution in [0.15, 0.2) is 12.2 Å². The summed E-state index contributed by atoms with van der Waals surface area (Å²) in [4.78, 5) is 24.6. The molecule has 2 unspecified atom stereocenters. The third-order valence-electron chi connectivity index (χ3n) is 3.65. The minimum absolute atomic E-state index is 0.110. The van der Waals surface area contributed by atoms with E-state index in [-0.39, 0.29) is 12.1 Å². The Hall–Kier alpha value is -1.52. The molecule has 1 saturated heterocycles. The van der Waals surface area contributed by atoms with Crippen LogP contribution in [0.5, 0.6) is 0 Å². The van der Waals surface area contributed by atoms with Gasteiger partial charge in [0.15, 0.2) is 0 Å². The summed E-state index contributed by atoms with van der Waals surface area (Å²) >= 11 is 0. The van der Waals surface area contributed by atoms with Crippen molar-refractivity contribution in [3.8, 4) is 0 Å². The van der Waals surface area contributed by atoms with Gasteiger partial charge in [-0.2, -0.15) is 0 Å². The molecule has 0 radical (unpaired) electrons. The van der Waals surface area contributed by atoms with Gasteiger partial charge in [0, 0.05) is 19.1 Å². The van der Waals surface area contributed by atoms with E-state index in [1.807, 2.05) is 0 Å². The smallest absolute Gasteiger partial charge is 0.317 e. The number of piperidine rings is 1. The Labute approximate surface area is 107 Å². The van der Waals surface area contributed by atoms with Crippen molar-refractivity contribution in [2.75, 3.05) is 13.1 Å². The van der Waals surface area contributed by atoms with Crippen molar-refractivity contribution >= 4 is 12.0 Å². The first-order valence-electron chi connectivity index (χ1n) is 6.60. The summed E-state index contributed by atoms with van der Waals surface area (Å²) in [6.45, 7) is 1.00. The Morgan fingerprint density at radius 1 is 1.28 bits per heavy atom. The van der Waals surface area contributed by atoms with Gasteiger partial charge in [-0.3, -0.25) is 4.79 Å². The van der Waals surface area contributed by atoms with E-state index in [1.54, 1.807) is 4.90 Å². The molecular formula is C13H20N2O3. The summed E-state index contributed by atoms with van der Waals surface area (Å²) in [6.07, 6.45) is 8.51. The molecule has 0 saturated carbocycles. The van der Waals surface area contributed by atoms with Crippen LogP contribution in [0, 0.1) is 5.92 Å². The number of hydrogen-bond donors (Lipinski definition) is 2. The molecule has 1 aliphatic carbocycles. The largest absolute Gasteiger partial charge is 0.481 e. The Morgan fingerprint density at radius 2 is 2.11 bits per heavy atom.